The average molecular weight is 313 g/mol. The number of piperidine rings is 1. The van der Waals surface area contributed by atoms with E-state index in [2.05, 4.69) is 9.62 Å². The van der Waals surface area contributed by atoms with E-state index < -0.39 is 10.0 Å². The van der Waals surface area contributed by atoms with E-state index in [0.717, 1.165) is 25.9 Å². The summed E-state index contributed by atoms with van der Waals surface area (Å²) in [6.07, 6.45) is 1.68. The van der Waals surface area contributed by atoms with Crippen LogP contribution in [-0.4, -0.2) is 52.6 Å². The fraction of sp³-hybridized carbons (Fsp3) is 0.571. The molecule has 118 valence electrons. The fourth-order valence-corrected chi connectivity index (χ4v) is 3.61. The number of hydrogen-bond acceptors (Lipinski definition) is 5. The molecular formula is C14H23N3O3S. The first-order chi connectivity index (χ1) is 10.0. The van der Waals surface area contributed by atoms with Crippen LogP contribution >= 0.6 is 0 Å². The molecule has 0 amide bonds. The molecule has 1 aromatic rings. The van der Waals surface area contributed by atoms with Crippen LogP contribution in [0.25, 0.3) is 0 Å². The quantitative estimate of drug-likeness (QED) is 0.794. The van der Waals surface area contributed by atoms with E-state index in [1.807, 2.05) is 7.05 Å². The number of nitrogens with zero attached hydrogens (tertiary/aromatic N) is 1. The van der Waals surface area contributed by atoms with Crippen molar-refractivity contribution in [3.05, 3.63) is 24.3 Å². The average Bonchev–Trinajstić information content (AvgIpc) is 2.48. The molecule has 1 fully saturated rings. The molecule has 1 heterocycles. The first-order valence-corrected chi connectivity index (χ1v) is 8.63. The predicted molar refractivity (Wildman–Crippen MR) is 81.8 cm³/mol. The Hall–Kier alpha value is -1.15. The Balaban J connectivity index is 1.98. The zero-order valence-electron chi connectivity index (χ0n) is 12.3. The van der Waals surface area contributed by atoms with Crippen LogP contribution in [0, 0.1) is 0 Å². The number of benzene rings is 1. The molecule has 2 rings (SSSR count). The third-order valence-corrected chi connectivity index (χ3v) is 5.10. The molecule has 0 spiro atoms. The van der Waals surface area contributed by atoms with Crippen LogP contribution in [-0.2, 0) is 10.0 Å². The van der Waals surface area contributed by atoms with Gasteiger partial charge in [-0.2, -0.15) is 0 Å². The summed E-state index contributed by atoms with van der Waals surface area (Å²) in [5.74, 6) is 0.624. The SMILES string of the molecule is CN1CCC(NS(=O)(=O)c2ccc(OCCN)cc2)CC1. The van der Waals surface area contributed by atoms with Gasteiger partial charge in [0.05, 0.1) is 4.90 Å². The van der Waals surface area contributed by atoms with Crippen LogP contribution < -0.4 is 15.2 Å². The fourth-order valence-electron chi connectivity index (χ4n) is 2.31. The molecule has 7 heteroatoms. The zero-order valence-corrected chi connectivity index (χ0v) is 13.1. The Morgan fingerprint density at radius 3 is 2.48 bits per heavy atom. The van der Waals surface area contributed by atoms with Crippen molar-refractivity contribution < 1.29 is 13.2 Å². The largest absolute Gasteiger partial charge is 0.492 e. The highest BCUT2D eigenvalue weighted by Gasteiger charge is 2.23. The van der Waals surface area contributed by atoms with Gasteiger partial charge in [-0.05, 0) is 57.2 Å². The minimum Gasteiger partial charge on any atom is -0.492 e. The van der Waals surface area contributed by atoms with Crippen LogP contribution in [0.2, 0.25) is 0 Å². The summed E-state index contributed by atoms with van der Waals surface area (Å²) < 4.78 is 32.8. The monoisotopic (exact) mass is 313 g/mol. The maximum Gasteiger partial charge on any atom is 0.240 e. The molecule has 1 saturated heterocycles. The molecule has 0 atom stereocenters. The van der Waals surface area contributed by atoms with Gasteiger partial charge in [0, 0.05) is 12.6 Å². The van der Waals surface area contributed by atoms with E-state index in [1.165, 1.54) is 0 Å². The van der Waals surface area contributed by atoms with Crippen LogP contribution in [0.1, 0.15) is 12.8 Å². The highest BCUT2D eigenvalue weighted by atomic mass is 32.2. The van der Waals surface area contributed by atoms with E-state index in [-0.39, 0.29) is 10.9 Å². The molecule has 21 heavy (non-hydrogen) atoms. The van der Waals surface area contributed by atoms with Gasteiger partial charge in [-0.15, -0.1) is 0 Å². The Morgan fingerprint density at radius 1 is 1.29 bits per heavy atom. The second kappa shape index (κ2) is 7.22. The van der Waals surface area contributed by atoms with Crippen molar-refractivity contribution >= 4 is 10.0 Å². The molecule has 0 aliphatic carbocycles. The van der Waals surface area contributed by atoms with Crippen LogP contribution in [0.15, 0.2) is 29.2 Å². The summed E-state index contributed by atoms with van der Waals surface area (Å²) in [6.45, 7) is 2.68. The number of hydrogen-bond donors (Lipinski definition) is 2. The van der Waals surface area contributed by atoms with Crippen LogP contribution in [0.3, 0.4) is 0 Å². The van der Waals surface area contributed by atoms with Crippen molar-refractivity contribution in [1.82, 2.24) is 9.62 Å². The van der Waals surface area contributed by atoms with Crippen LogP contribution in [0.4, 0.5) is 0 Å². The van der Waals surface area contributed by atoms with E-state index >= 15 is 0 Å². The zero-order chi connectivity index (χ0) is 15.3. The van der Waals surface area contributed by atoms with E-state index in [0.29, 0.717) is 18.9 Å². The smallest absolute Gasteiger partial charge is 0.240 e. The summed E-state index contributed by atoms with van der Waals surface area (Å²) >= 11 is 0. The highest BCUT2D eigenvalue weighted by molar-refractivity contribution is 7.89. The Labute approximate surface area is 126 Å². The number of ether oxygens (including phenoxy) is 1. The highest BCUT2D eigenvalue weighted by Crippen LogP contribution is 2.18. The van der Waals surface area contributed by atoms with Crippen molar-refractivity contribution in [1.29, 1.82) is 0 Å². The second-order valence-corrected chi connectivity index (χ2v) is 7.02. The van der Waals surface area contributed by atoms with Crippen molar-refractivity contribution in [2.45, 2.75) is 23.8 Å². The second-order valence-electron chi connectivity index (χ2n) is 5.31. The van der Waals surface area contributed by atoms with Gasteiger partial charge < -0.3 is 15.4 Å². The minimum absolute atomic E-state index is 0.0133. The maximum absolute atomic E-state index is 12.3. The standard InChI is InChI=1S/C14H23N3O3S/c1-17-9-6-12(7-10-17)16-21(18,19)14-4-2-13(3-5-14)20-11-8-15/h2-5,12,16H,6-11,15H2,1H3. The van der Waals surface area contributed by atoms with Crippen LogP contribution in [0.5, 0.6) is 5.75 Å². The molecule has 1 aliphatic heterocycles. The van der Waals surface area contributed by atoms with Gasteiger partial charge in [0.15, 0.2) is 0 Å². The lowest BCUT2D eigenvalue weighted by molar-refractivity contribution is 0.248. The molecule has 0 aromatic heterocycles. The number of likely N-dealkylation sites (tertiary alicyclic amines) is 1. The summed E-state index contributed by atoms with van der Waals surface area (Å²) in [5.41, 5.74) is 5.36. The van der Waals surface area contributed by atoms with E-state index in [1.54, 1.807) is 24.3 Å². The first-order valence-electron chi connectivity index (χ1n) is 7.15. The number of sulfonamides is 1. The molecule has 0 saturated carbocycles. The first kappa shape index (κ1) is 16.2. The Morgan fingerprint density at radius 2 is 1.90 bits per heavy atom. The molecule has 0 radical (unpaired) electrons. The summed E-state index contributed by atoms with van der Waals surface area (Å²) in [5, 5.41) is 0. The summed E-state index contributed by atoms with van der Waals surface area (Å²) in [7, 11) is -1.42. The Kier molecular flexibility index (Phi) is 5.58. The van der Waals surface area contributed by atoms with Gasteiger partial charge in [-0.3, -0.25) is 0 Å². The third-order valence-electron chi connectivity index (χ3n) is 3.56. The molecule has 0 unspecified atom stereocenters. The normalized spacial score (nSPS) is 17.8. The number of nitrogens with two attached hydrogens (primary N) is 1. The van der Waals surface area contributed by atoms with Gasteiger partial charge in [-0.1, -0.05) is 0 Å². The molecule has 6 nitrogen and oxygen atoms in total. The topological polar surface area (TPSA) is 84.7 Å². The lowest BCUT2D eigenvalue weighted by atomic mass is 10.1. The van der Waals surface area contributed by atoms with Crippen molar-refractivity contribution in [2.24, 2.45) is 5.73 Å². The predicted octanol–water partition coefficient (Wildman–Crippen LogP) is 0.397. The van der Waals surface area contributed by atoms with E-state index in [9.17, 15) is 8.42 Å². The van der Waals surface area contributed by atoms with E-state index in [4.69, 9.17) is 10.5 Å². The number of nitrogens with one attached hydrogen (secondary N) is 1. The minimum atomic E-state index is -3.46. The van der Waals surface area contributed by atoms with Gasteiger partial charge in [0.1, 0.15) is 12.4 Å². The Bertz CT molecular complexity index is 537. The molecule has 3 N–H and O–H groups in total. The van der Waals surface area contributed by atoms with Crippen molar-refractivity contribution in [3.8, 4) is 5.75 Å². The van der Waals surface area contributed by atoms with Gasteiger partial charge in [0.25, 0.3) is 0 Å². The van der Waals surface area contributed by atoms with Gasteiger partial charge in [0.2, 0.25) is 10.0 Å². The molecule has 1 aromatic carbocycles. The molecule has 0 bridgehead atoms. The lowest BCUT2D eigenvalue weighted by Gasteiger charge is -2.29. The van der Waals surface area contributed by atoms with Gasteiger partial charge >= 0.3 is 0 Å². The number of rotatable bonds is 6. The molecule has 1 aliphatic rings. The lowest BCUT2D eigenvalue weighted by Crippen LogP contribution is -2.43. The maximum atomic E-state index is 12.3. The summed E-state index contributed by atoms with van der Waals surface area (Å²) in [4.78, 5) is 2.47. The molecular weight excluding hydrogens is 290 g/mol. The summed E-state index contributed by atoms with van der Waals surface area (Å²) in [6, 6.07) is 6.43. The van der Waals surface area contributed by atoms with Gasteiger partial charge in [-0.25, -0.2) is 13.1 Å². The van der Waals surface area contributed by atoms with Crippen molar-refractivity contribution in [2.75, 3.05) is 33.3 Å². The third kappa shape index (κ3) is 4.67. The van der Waals surface area contributed by atoms with Crippen molar-refractivity contribution in [3.63, 3.8) is 0 Å².